The predicted octanol–water partition coefficient (Wildman–Crippen LogP) is 1.07. The Hall–Kier alpha value is -0.900. The van der Waals surface area contributed by atoms with Gasteiger partial charge in [0.25, 0.3) is 0 Å². The van der Waals surface area contributed by atoms with Crippen LogP contribution in [0.25, 0.3) is 0 Å². The van der Waals surface area contributed by atoms with Gasteiger partial charge in [-0.05, 0) is 33.6 Å². The minimum absolute atomic E-state index is 0.164. The standard InChI is InChI=1S/C11H19NO3/c1-8(13)11(2,3)12-9(14)6-4-5-7-10(12)15/h8,13H,4-7H2,1-3H3. The Morgan fingerprint density at radius 1 is 1.20 bits per heavy atom. The second-order valence-electron chi connectivity index (χ2n) is 4.66. The molecule has 0 aromatic heterocycles. The van der Waals surface area contributed by atoms with Crippen LogP contribution in [0.4, 0.5) is 0 Å². The normalized spacial score (nSPS) is 21.5. The van der Waals surface area contributed by atoms with Crippen molar-refractivity contribution in [1.82, 2.24) is 4.90 Å². The maximum Gasteiger partial charge on any atom is 0.229 e. The summed E-state index contributed by atoms with van der Waals surface area (Å²) in [5.41, 5.74) is -0.807. The van der Waals surface area contributed by atoms with E-state index in [2.05, 4.69) is 0 Å². The molecule has 4 heteroatoms. The van der Waals surface area contributed by atoms with E-state index >= 15 is 0 Å². The van der Waals surface area contributed by atoms with Gasteiger partial charge in [0.1, 0.15) is 0 Å². The molecule has 86 valence electrons. The van der Waals surface area contributed by atoms with Crippen molar-refractivity contribution >= 4 is 11.8 Å². The third kappa shape index (κ3) is 2.37. The van der Waals surface area contributed by atoms with Gasteiger partial charge in [-0.3, -0.25) is 14.5 Å². The van der Waals surface area contributed by atoms with Gasteiger partial charge in [-0.2, -0.15) is 0 Å². The van der Waals surface area contributed by atoms with Crippen molar-refractivity contribution in [3.8, 4) is 0 Å². The summed E-state index contributed by atoms with van der Waals surface area (Å²) in [5, 5.41) is 9.61. The number of imide groups is 1. The molecule has 1 saturated heterocycles. The van der Waals surface area contributed by atoms with Crippen LogP contribution >= 0.6 is 0 Å². The highest BCUT2D eigenvalue weighted by Crippen LogP contribution is 2.25. The maximum absolute atomic E-state index is 11.8. The van der Waals surface area contributed by atoms with E-state index in [0.717, 1.165) is 12.8 Å². The molecular weight excluding hydrogens is 194 g/mol. The molecule has 0 radical (unpaired) electrons. The van der Waals surface area contributed by atoms with Crippen molar-refractivity contribution in [1.29, 1.82) is 0 Å². The van der Waals surface area contributed by atoms with Crippen LogP contribution in [0.3, 0.4) is 0 Å². The van der Waals surface area contributed by atoms with E-state index in [1.54, 1.807) is 20.8 Å². The first-order valence-corrected chi connectivity index (χ1v) is 5.41. The van der Waals surface area contributed by atoms with Crippen LogP contribution in [0.2, 0.25) is 0 Å². The molecule has 1 N–H and O–H groups in total. The Balaban J connectivity index is 2.97. The lowest BCUT2D eigenvalue weighted by Crippen LogP contribution is -2.56. The average Bonchev–Trinajstić information content (AvgIpc) is 2.27. The molecule has 1 atom stereocenters. The third-order valence-electron chi connectivity index (χ3n) is 3.13. The molecule has 1 fully saturated rings. The van der Waals surface area contributed by atoms with Crippen LogP contribution in [0, 0.1) is 0 Å². The first-order valence-electron chi connectivity index (χ1n) is 5.41. The first kappa shape index (κ1) is 12.2. The number of hydrogen-bond acceptors (Lipinski definition) is 3. The van der Waals surface area contributed by atoms with E-state index in [1.165, 1.54) is 4.90 Å². The number of nitrogens with zero attached hydrogens (tertiary/aromatic N) is 1. The van der Waals surface area contributed by atoms with Gasteiger partial charge < -0.3 is 5.11 Å². The van der Waals surface area contributed by atoms with Crippen molar-refractivity contribution in [2.75, 3.05) is 0 Å². The quantitative estimate of drug-likeness (QED) is 0.698. The van der Waals surface area contributed by atoms with Crippen molar-refractivity contribution in [3.63, 3.8) is 0 Å². The predicted molar refractivity (Wildman–Crippen MR) is 56.1 cm³/mol. The molecule has 0 aromatic carbocycles. The molecule has 0 bridgehead atoms. The van der Waals surface area contributed by atoms with Crippen molar-refractivity contribution in [2.24, 2.45) is 0 Å². The number of carbonyl (C=O) groups excluding carboxylic acids is 2. The molecule has 1 heterocycles. The van der Waals surface area contributed by atoms with Gasteiger partial charge in [-0.25, -0.2) is 0 Å². The van der Waals surface area contributed by atoms with E-state index in [9.17, 15) is 14.7 Å². The Bertz CT molecular complexity index is 253. The zero-order valence-electron chi connectivity index (χ0n) is 9.62. The number of aliphatic hydroxyl groups excluding tert-OH is 1. The molecule has 2 amide bonds. The summed E-state index contributed by atoms with van der Waals surface area (Å²) in [7, 11) is 0. The highest BCUT2D eigenvalue weighted by molar-refractivity contribution is 5.97. The monoisotopic (exact) mass is 213 g/mol. The van der Waals surface area contributed by atoms with Gasteiger partial charge in [-0.1, -0.05) is 0 Å². The van der Waals surface area contributed by atoms with Crippen LogP contribution in [0.15, 0.2) is 0 Å². The summed E-state index contributed by atoms with van der Waals surface area (Å²) < 4.78 is 0. The minimum atomic E-state index is -0.807. The van der Waals surface area contributed by atoms with Gasteiger partial charge in [0.15, 0.2) is 0 Å². The number of hydrogen-bond donors (Lipinski definition) is 1. The second kappa shape index (κ2) is 4.31. The van der Waals surface area contributed by atoms with E-state index in [1.807, 2.05) is 0 Å². The summed E-state index contributed by atoms with van der Waals surface area (Å²) in [6.07, 6.45) is 1.61. The summed E-state index contributed by atoms with van der Waals surface area (Å²) in [5.74, 6) is -0.327. The number of likely N-dealkylation sites (tertiary alicyclic amines) is 1. The highest BCUT2D eigenvalue weighted by Gasteiger charge is 2.39. The fourth-order valence-corrected chi connectivity index (χ4v) is 1.74. The van der Waals surface area contributed by atoms with Crippen LogP contribution in [-0.2, 0) is 9.59 Å². The summed E-state index contributed by atoms with van der Waals surface area (Å²) in [6, 6.07) is 0. The fraction of sp³-hybridized carbons (Fsp3) is 0.818. The van der Waals surface area contributed by atoms with Gasteiger partial charge in [0.2, 0.25) is 11.8 Å². The Morgan fingerprint density at radius 2 is 1.60 bits per heavy atom. The number of aliphatic hydroxyl groups is 1. The van der Waals surface area contributed by atoms with Crippen LogP contribution in [0.5, 0.6) is 0 Å². The Kier molecular flexibility index (Phi) is 3.50. The molecule has 1 aliphatic heterocycles. The van der Waals surface area contributed by atoms with E-state index in [0.29, 0.717) is 12.8 Å². The smallest absolute Gasteiger partial charge is 0.229 e. The average molecular weight is 213 g/mol. The first-order chi connectivity index (χ1) is 6.87. The lowest BCUT2D eigenvalue weighted by atomic mass is 9.95. The van der Waals surface area contributed by atoms with Crippen molar-refractivity contribution in [2.45, 2.75) is 58.1 Å². The summed E-state index contributed by atoms with van der Waals surface area (Å²) in [4.78, 5) is 24.8. The molecule has 0 aliphatic carbocycles. The number of rotatable bonds is 2. The molecule has 4 nitrogen and oxygen atoms in total. The highest BCUT2D eigenvalue weighted by atomic mass is 16.3. The Morgan fingerprint density at radius 3 is 1.93 bits per heavy atom. The Labute approximate surface area is 90.3 Å². The molecule has 1 unspecified atom stereocenters. The maximum atomic E-state index is 11.8. The van der Waals surface area contributed by atoms with Gasteiger partial charge >= 0.3 is 0 Å². The summed E-state index contributed by atoms with van der Waals surface area (Å²) in [6.45, 7) is 5.04. The molecule has 1 rings (SSSR count). The molecule has 0 saturated carbocycles. The van der Waals surface area contributed by atoms with Crippen molar-refractivity contribution in [3.05, 3.63) is 0 Å². The van der Waals surface area contributed by atoms with Gasteiger partial charge in [0, 0.05) is 12.8 Å². The SMILES string of the molecule is CC(O)C(C)(C)N1C(=O)CCCCC1=O. The topological polar surface area (TPSA) is 57.6 Å². The molecule has 1 aliphatic rings. The zero-order chi connectivity index (χ0) is 11.6. The lowest BCUT2D eigenvalue weighted by molar-refractivity contribution is -0.154. The van der Waals surface area contributed by atoms with E-state index in [-0.39, 0.29) is 11.8 Å². The summed E-state index contributed by atoms with van der Waals surface area (Å²) >= 11 is 0. The largest absolute Gasteiger partial charge is 0.391 e. The number of amides is 2. The molecule has 0 aromatic rings. The second-order valence-corrected chi connectivity index (χ2v) is 4.66. The van der Waals surface area contributed by atoms with Crippen LogP contribution in [0.1, 0.15) is 46.5 Å². The van der Waals surface area contributed by atoms with E-state index in [4.69, 9.17) is 0 Å². The lowest BCUT2D eigenvalue weighted by Gasteiger charge is -2.38. The minimum Gasteiger partial charge on any atom is -0.391 e. The molecule has 15 heavy (non-hydrogen) atoms. The zero-order valence-corrected chi connectivity index (χ0v) is 9.62. The number of carbonyl (C=O) groups is 2. The van der Waals surface area contributed by atoms with Gasteiger partial charge in [0.05, 0.1) is 11.6 Å². The molecule has 0 spiro atoms. The molecular formula is C11H19NO3. The third-order valence-corrected chi connectivity index (χ3v) is 3.13. The van der Waals surface area contributed by atoms with Crippen LogP contribution < -0.4 is 0 Å². The van der Waals surface area contributed by atoms with Crippen LogP contribution in [-0.4, -0.2) is 33.5 Å². The fourth-order valence-electron chi connectivity index (χ4n) is 1.74. The van der Waals surface area contributed by atoms with Gasteiger partial charge in [-0.15, -0.1) is 0 Å². The van der Waals surface area contributed by atoms with E-state index < -0.39 is 11.6 Å². The van der Waals surface area contributed by atoms with Crippen molar-refractivity contribution < 1.29 is 14.7 Å².